The van der Waals surface area contributed by atoms with Crippen LogP contribution < -0.4 is 5.32 Å². The predicted octanol–water partition coefficient (Wildman–Crippen LogP) is 4.71. The van der Waals surface area contributed by atoms with Crippen molar-refractivity contribution in [2.75, 3.05) is 6.54 Å². The Hall–Kier alpha value is -1.41. The molecule has 2 rings (SSSR count). The number of hydrogen-bond acceptors (Lipinski definition) is 2. The maximum absolute atomic E-state index is 4.70. The van der Waals surface area contributed by atoms with Crippen LogP contribution in [0.5, 0.6) is 0 Å². The van der Waals surface area contributed by atoms with Crippen molar-refractivity contribution in [2.45, 2.75) is 46.1 Å². The van der Waals surface area contributed by atoms with Crippen LogP contribution in [0.15, 0.2) is 36.5 Å². The highest BCUT2D eigenvalue weighted by molar-refractivity contribution is 5.84. The van der Waals surface area contributed by atoms with Crippen LogP contribution in [0, 0.1) is 5.92 Å². The lowest BCUT2D eigenvalue weighted by atomic mass is 9.91. The van der Waals surface area contributed by atoms with E-state index in [1.54, 1.807) is 0 Å². The van der Waals surface area contributed by atoms with Crippen LogP contribution in [0.2, 0.25) is 0 Å². The molecule has 2 aromatic rings. The van der Waals surface area contributed by atoms with Gasteiger partial charge < -0.3 is 5.32 Å². The van der Waals surface area contributed by atoms with Gasteiger partial charge in [0.1, 0.15) is 0 Å². The molecule has 0 radical (unpaired) electrons. The van der Waals surface area contributed by atoms with Crippen LogP contribution in [-0.2, 0) is 0 Å². The molecule has 1 aromatic heterocycles. The highest BCUT2D eigenvalue weighted by Crippen LogP contribution is 2.29. The van der Waals surface area contributed by atoms with E-state index in [1.165, 1.54) is 29.3 Å². The zero-order chi connectivity index (χ0) is 14.4. The van der Waals surface area contributed by atoms with Crippen molar-refractivity contribution in [3.63, 3.8) is 0 Å². The summed E-state index contributed by atoms with van der Waals surface area (Å²) < 4.78 is 0. The Kier molecular flexibility index (Phi) is 5.54. The van der Waals surface area contributed by atoms with Gasteiger partial charge in [-0.2, -0.15) is 0 Å². The molecular formula is C18H26N2. The van der Waals surface area contributed by atoms with Crippen LogP contribution >= 0.6 is 0 Å². The lowest BCUT2D eigenvalue weighted by Crippen LogP contribution is -2.28. The van der Waals surface area contributed by atoms with Gasteiger partial charge in [-0.25, -0.2) is 0 Å². The second-order valence-corrected chi connectivity index (χ2v) is 5.62. The molecule has 1 N–H and O–H groups in total. The second kappa shape index (κ2) is 7.39. The minimum absolute atomic E-state index is 0.348. The first-order chi connectivity index (χ1) is 9.77. The molecule has 0 bridgehead atoms. The number of fused-ring (bicyclic) bond motifs is 1. The largest absolute Gasteiger partial charge is 0.308 e. The number of hydrogen-bond donors (Lipinski definition) is 1. The average molecular weight is 270 g/mol. The second-order valence-electron chi connectivity index (χ2n) is 5.62. The number of nitrogens with zero attached hydrogens (tertiary/aromatic N) is 1. The molecule has 1 aromatic carbocycles. The third kappa shape index (κ3) is 3.37. The first-order valence-corrected chi connectivity index (χ1v) is 7.85. The monoisotopic (exact) mass is 270 g/mol. The van der Waals surface area contributed by atoms with Gasteiger partial charge in [-0.3, -0.25) is 4.98 Å². The van der Waals surface area contributed by atoms with E-state index < -0.39 is 0 Å². The van der Waals surface area contributed by atoms with Crippen molar-refractivity contribution in [2.24, 2.45) is 5.92 Å². The van der Waals surface area contributed by atoms with Gasteiger partial charge in [0.15, 0.2) is 0 Å². The molecular weight excluding hydrogens is 244 g/mol. The SMILES string of the molecule is CCCNC(c1nccc2ccccc12)C(C)CCC. The molecule has 2 nitrogen and oxygen atoms in total. The van der Waals surface area contributed by atoms with Gasteiger partial charge in [-0.1, -0.05) is 51.5 Å². The molecule has 2 unspecified atom stereocenters. The normalized spacial score (nSPS) is 14.3. The van der Waals surface area contributed by atoms with Crippen LogP contribution in [0.1, 0.15) is 51.8 Å². The van der Waals surface area contributed by atoms with Gasteiger partial charge in [-0.15, -0.1) is 0 Å². The molecule has 0 amide bonds. The highest BCUT2D eigenvalue weighted by Gasteiger charge is 2.21. The highest BCUT2D eigenvalue weighted by atomic mass is 14.9. The number of aromatic nitrogens is 1. The molecule has 1 heterocycles. The Bertz CT molecular complexity index is 530. The Morgan fingerprint density at radius 2 is 1.90 bits per heavy atom. The van der Waals surface area contributed by atoms with Crippen molar-refractivity contribution in [1.82, 2.24) is 10.3 Å². The Balaban J connectivity index is 2.39. The number of benzene rings is 1. The molecule has 108 valence electrons. The van der Waals surface area contributed by atoms with E-state index in [0.717, 1.165) is 13.0 Å². The van der Waals surface area contributed by atoms with Crippen molar-refractivity contribution >= 4 is 10.8 Å². The van der Waals surface area contributed by atoms with Crippen molar-refractivity contribution in [3.8, 4) is 0 Å². The van der Waals surface area contributed by atoms with Gasteiger partial charge >= 0.3 is 0 Å². The van der Waals surface area contributed by atoms with Gasteiger partial charge in [0.05, 0.1) is 11.7 Å². The molecule has 0 aliphatic carbocycles. The minimum Gasteiger partial charge on any atom is -0.308 e. The maximum atomic E-state index is 4.70. The van der Waals surface area contributed by atoms with E-state index in [2.05, 4.69) is 56.4 Å². The van der Waals surface area contributed by atoms with E-state index in [-0.39, 0.29) is 0 Å². The fraction of sp³-hybridized carbons (Fsp3) is 0.500. The summed E-state index contributed by atoms with van der Waals surface area (Å²) in [7, 11) is 0. The summed E-state index contributed by atoms with van der Waals surface area (Å²) in [4.78, 5) is 4.70. The van der Waals surface area contributed by atoms with Crippen LogP contribution in [-0.4, -0.2) is 11.5 Å². The molecule has 0 aliphatic rings. The molecule has 0 saturated heterocycles. The standard InChI is InChI=1S/C18H26N2/c1-4-8-14(3)17(19-12-5-2)18-16-10-7-6-9-15(16)11-13-20-18/h6-7,9-11,13-14,17,19H,4-5,8,12H2,1-3H3. The number of rotatable bonds is 7. The first kappa shape index (κ1) is 15.0. The molecule has 2 atom stereocenters. The fourth-order valence-electron chi connectivity index (χ4n) is 2.88. The molecule has 0 spiro atoms. The molecule has 20 heavy (non-hydrogen) atoms. The smallest absolute Gasteiger partial charge is 0.0654 e. The maximum Gasteiger partial charge on any atom is 0.0654 e. The zero-order valence-electron chi connectivity index (χ0n) is 12.9. The van der Waals surface area contributed by atoms with Crippen LogP contribution in [0.4, 0.5) is 0 Å². The summed E-state index contributed by atoms with van der Waals surface area (Å²) in [5, 5.41) is 6.27. The van der Waals surface area contributed by atoms with Crippen molar-refractivity contribution < 1.29 is 0 Å². The first-order valence-electron chi connectivity index (χ1n) is 7.85. The Morgan fingerprint density at radius 3 is 2.65 bits per heavy atom. The Labute approximate surface area is 122 Å². The van der Waals surface area contributed by atoms with Crippen molar-refractivity contribution in [1.29, 1.82) is 0 Å². The van der Waals surface area contributed by atoms with Gasteiger partial charge in [-0.05, 0) is 36.8 Å². The molecule has 0 fully saturated rings. The van der Waals surface area contributed by atoms with E-state index >= 15 is 0 Å². The third-order valence-electron chi connectivity index (χ3n) is 3.93. The summed E-state index contributed by atoms with van der Waals surface area (Å²) in [6.07, 6.45) is 5.54. The van der Waals surface area contributed by atoms with E-state index in [0.29, 0.717) is 12.0 Å². The lowest BCUT2D eigenvalue weighted by molar-refractivity contribution is 0.359. The van der Waals surface area contributed by atoms with E-state index in [1.807, 2.05) is 6.20 Å². The number of pyridine rings is 1. The topological polar surface area (TPSA) is 24.9 Å². The van der Waals surface area contributed by atoms with Crippen LogP contribution in [0.25, 0.3) is 10.8 Å². The summed E-state index contributed by atoms with van der Waals surface area (Å²) in [6.45, 7) is 7.85. The average Bonchev–Trinajstić information content (AvgIpc) is 2.48. The van der Waals surface area contributed by atoms with Gasteiger partial charge in [0.2, 0.25) is 0 Å². The fourth-order valence-corrected chi connectivity index (χ4v) is 2.88. The summed E-state index contributed by atoms with van der Waals surface area (Å²) in [6, 6.07) is 11.0. The summed E-state index contributed by atoms with van der Waals surface area (Å²) in [5.74, 6) is 0.602. The Morgan fingerprint density at radius 1 is 1.10 bits per heavy atom. The van der Waals surface area contributed by atoms with Crippen LogP contribution in [0.3, 0.4) is 0 Å². The third-order valence-corrected chi connectivity index (χ3v) is 3.93. The van der Waals surface area contributed by atoms with Gasteiger partial charge in [0, 0.05) is 11.6 Å². The summed E-state index contributed by atoms with van der Waals surface area (Å²) >= 11 is 0. The quantitative estimate of drug-likeness (QED) is 0.788. The zero-order valence-corrected chi connectivity index (χ0v) is 12.9. The van der Waals surface area contributed by atoms with E-state index in [9.17, 15) is 0 Å². The number of nitrogens with one attached hydrogen (secondary N) is 1. The predicted molar refractivity (Wildman–Crippen MR) is 86.8 cm³/mol. The van der Waals surface area contributed by atoms with Gasteiger partial charge in [0.25, 0.3) is 0 Å². The van der Waals surface area contributed by atoms with E-state index in [4.69, 9.17) is 4.98 Å². The minimum atomic E-state index is 0.348. The van der Waals surface area contributed by atoms with Crippen molar-refractivity contribution in [3.05, 3.63) is 42.2 Å². The molecule has 0 saturated carbocycles. The molecule has 0 aliphatic heterocycles. The summed E-state index contributed by atoms with van der Waals surface area (Å²) in [5.41, 5.74) is 1.21. The molecule has 2 heteroatoms. The lowest BCUT2D eigenvalue weighted by Gasteiger charge is -2.25.